The van der Waals surface area contributed by atoms with Crippen molar-refractivity contribution in [2.45, 2.75) is 57.8 Å². The van der Waals surface area contributed by atoms with Crippen LogP contribution in [0.1, 0.15) is 61.6 Å². The van der Waals surface area contributed by atoms with Crippen LogP contribution in [0.2, 0.25) is 5.15 Å². The van der Waals surface area contributed by atoms with Gasteiger partial charge in [-0.05, 0) is 79.5 Å². The SMILES string of the molecule is CCc1ccc(C2CCC(CCc3ccc(Cl)nc3)CC2)cc1. The summed E-state index contributed by atoms with van der Waals surface area (Å²) in [7, 11) is 0. The molecular weight excluding hydrogens is 302 g/mol. The molecule has 1 aliphatic carbocycles. The standard InChI is InChI=1S/C21H26ClN/c1-2-16-5-10-19(11-6-16)20-12-7-17(8-13-20)3-4-18-9-14-21(22)23-15-18/h5-6,9-11,14-15,17,20H,2-4,7-8,12-13H2,1H3. The zero-order valence-electron chi connectivity index (χ0n) is 14.0. The number of benzene rings is 1. The average molecular weight is 328 g/mol. The molecule has 1 saturated carbocycles. The van der Waals surface area contributed by atoms with E-state index in [2.05, 4.69) is 42.2 Å². The van der Waals surface area contributed by atoms with Crippen LogP contribution < -0.4 is 0 Å². The van der Waals surface area contributed by atoms with Crippen LogP contribution in [0.15, 0.2) is 42.6 Å². The molecule has 0 aliphatic heterocycles. The Morgan fingerprint density at radius 3 is 2.26 bits per heavy atom. The summed E-state index contributed by atoms with van der Waals surface area (Å²) in [6.45, 7) is 2.22. The second kappa shape index (κ2) is 7.97. The van der Waals surface area contributed by atoms with E-state index in [0.717, 1.165) is 24.7 Å². The molecule has 0 unspecified atom stereocenters. The van der Waals surface area contributed by atoms with Crippen LogP contribution in [0.25, 0.3) is 0 Å². The highest BCUT2D eigenvalue weighted by atomic mass is 35.5. The molecule has 2 aromatic rings. The fourth-order valence-electron chi connectivity index (χ4n) is 3.74. The molecule has 0 saturated heterocycles. The normalized spacial score (nSPS) is 21.3. The van der Waals surface area contributed by atoms with E-state index in [1.807, 2.05) is 12.3 Å². The van der Waals surface area contributed by atoms with Gasteiger partial charge in [0.2, 0.25) is 0 Å². The largest absolute Gasteiger partial charge is 0.244 e. The Kier molecular flexibility index (Phi) is 5.72. The molecular formula is C21H26ClN. The van der Waals surface area contributed by atoms with Gasteiger partial charge in [0, 0.05) is 6.20 Å². The minimum atomic E-state index is 0.586. The molecule has 0 amide bonds. The third-order valence-corrected chi connectivity index (χ3v) is 5.56. The summed E-state index contributed by atoms with van der Waals surface area (Å²) in [5, 5.41) is 0.586. The maximum Gasteiger partial charge on any atom is 0.129 e. The highest BCUT2D eigenvalue weighted by molar-refractivity contribution is 6.29. The van der Waals surface area contributed by atoms with Gasteiger partial charge in [-0.3, -0.25) is 0 Å². The summed E-state index contributed by atoms with van der Waals surface area (Å²) in [5.41, 5.74) is 4.30. The maximum absolute atomic E-state index is 5.84. The lowest BCUT2D eigenvalue weighted by atomic mass is 9.77. The predicted molar refractivity (Wildman–Crippen MR) is 98.1 cm³/mol. The highest BCUT2D eigenvalue weighted by Gasteiger charge is 2.22. The van der Waals surface area contributed by atoms with Crippen molar-refractivity contribution in [1.82, 2.24) is 4.98 Å². The number of pyridine rings is 1. The molecule has 0 spiro atoms. The molecule has 0 bridgehead atoms. The lowest BCUT2D eigenvalue weighted by molar-refractivity contribution is 0.310. The van der Waals surface area contributed by atoms with Crippen LogP contribution in [0.5, 0.6) is 0 Å². The summed E-state index contributed by atoms with van der Waals surface area (Å²) in [4.78, 5) is 4.17. The Morgan fingerprint density at radius 1 is 0.957 bits per heavy atom. The van der Waals surface area contributed by atoms with Crippen LogP contribution in [0.3, 0.4) is 0 Å². The smallest absolute Gasteiger partial charge is 0.129 e. The van der Waals surface area contributed by atoms with E-state index in [4.69, 9.17) is 11.6 Å². The summed E-state index contributed by atoms with van der Waals surface area (Å²) >= 11 is 5.84. The van der Waals surface area contributed by atoms with Crippen LogP contribution in [-0.4, -0.2) is 4.98 Å². The van der Waals surface area contributed by atoms with Crippen molar-refractivity contribution in [1.29, 1.82) is 0 Å². The molecule has 1 fully saturated rings. The Labute approximate surface area is 145 Å². The molecule has 2 heteroatoms. The number of rotatable bonds is 5. The van der Waals surface area contributed by atoms with Gasteiger partial charge in [-0.1, -0.05) is 48.9 Å². The average Bonchev–Trinajstić information content (AvgIpc) is 2.62. The number of aromatic nitrogens is 1. The zero-order valence-corrected chi connectivity index (χ0v) is 14.7. The van der Waals surface area contributed by atoms with Crippen molar-refractivity contribution < 1.29 is 0 Å². The number of hydrogen-bond acceptors (Lipinski definition) is 1. The quantitative estimate of drug-likeness (QED) is 0.595. The number of aryl methyl sites for hydroxylation is 2. The van der Waals surface area contributed by atoms with E-state index in [1.165, 1.54) is 43.2 Å². The number of halogens is 1. The first kappa shape index (κ1) is 16.5. The second-order valence-electron chi connectivity index (χ2n) is 6.84. The summed E-state index contributed by atoms with van der Waals surface area (Å²) in [6.07, 6.45) is 10.9. The molecule has 3 rings (SSSR count). The molecule has 1 nitrogen and oxygen atoms in total. The van der Waals surface area contributed by atoms with Gasteiger partial charge in [-0.15, -0.1) is 0 Å². The first-order valence-electron chi connectivity index (χ1n) is 8.94. The van der Waals surface area contributed by atoms with Gasteiger partial charge in [0.25, 0.3) is 0 Å². The Morgan fingerprint density at radius 2 is 1.65 bits per heavy atom. The molecule has 1 aliphatic rings. The highest BCUT2D eigenvalue weighted by Crippen LogP contribution is 2.37. The van der Waals surface area contributed by atoms with Crippen LogP contribution >= 0.6 is 11.6 Å². The third kappa shape index (κ3) is 4.57. The fourth-order valence-corrected chi connectivity index (χ4v) is 3.85. The first-order valence-corrected chi connectivity index (χ1v) is 9.31. The predicted octanol–water partition coefficient (Wildman–Crippen LogP) is 6.20. The van der Waals surface area contributed by atoms with Crippen molar-refractivity contribution in [2.75, 3.05) is 0 Å². The van der Waals surface area contributed by atoms with E-state index >= 15 is 0 Å². The summed E-state index contributed by atoms with van der Waals surface area (Å²) < 4.78 is 0. The molecule has 1 aromatic carbocycles. The lowest BCUT2D eigenvalue weighted by Gasteiger charge is -2.29. The lowest BCUT2D eigenvalue weighted by Crippen LogP contribution is -2.14. The molecule has 0 atom stereocenters. The van der Waals surface area contributed by atoms with Gasteiger partial charge in [0.1, 0.15) is 5.15 Å². The van der Waals surface area contributed by atoms with Crippen molar-refractivity contribution in [2.24, 2.45) is 5.92 Å². The van der Waals surface area contributed by atoms with Gasteiger partial charge < -0.3 is 0 Å². The van der Waals surface area contributed by atoms with Crippen molar-refractivity contribution >= 4 is 11.6 Å². The molecule has 1 aromatic heterocycles. The molecule has 0 radical (unpaired) electrons. The monoisotopic (exact) mass is 327 g/mol. The fraction of sp³-hybridized carbons (Fsp3) is 0.476. The van der Waals surface area contributed by atoms with Crippen molar-refractivity contribution in [3.05, 3.63) is 64.4 Å². The van der Waals surface area contributed by atoms with Gasteiger partial charge in [-0.2, -0.15) is 0 Å². The van der Waals surface area contributed by atoms with Gasteiger partial charge in [0.05, 0.1) is 0 Å². The Balaban J connectivity index is 1.47. The minimum absolute atomic E-state index is 0.586. The van der Waals surface area contributed by atoms with Crippen molar-refractivity contribution in [3.63, 3.8) is 0 Å². The van der Waals surface area contributed by atoms with Crippen LogP contribution in [0, 0.1) is 5.92 Å². The minimum Gasteiger partial charge on any atom is -0.244 e. The summed E-state index contributed by atoms with van der Waals surface area (Å²) in [5.74, 6) is 1.64. The van der Waals surface area contributed by atoms with Crippen LogP contribution in [-0.2, 0) is 12.8 Å². The van der Waals surface area contributed by atoms with Crippen molar-refractivity contribution in [3.8, 4) is 0 Å². The molecule has 23 heavy (non-hydrogen) atoms. The first-order chi connectivity index (χ1) is 11.2. The molecule has 1 heterocycles. The topological polar surface area (TPSA) is 12.9 Å². The van der Waals surface area contributed by atoms with Gasteiger partial charge in [-0.25, -0.2) is 4.98 Å². The Bertz CT molecular complexity index is 595. The summed E-state index contributed by atoms with van der Waals surface area (Å²) in [6, 6.07) is 13.3. The maximum atomic E-state index is 5.84. The van der Waals surface area contributed by atoms with Gasteiger partial charge >= 0.3 is 0 Å². The van der Waals surface area contributed by atoms with Gasteiger partial charge in [0.15, 0.2) is 0 Å². The van der Waals surface area contributed by atoms with E-state index < -0.39 is 0 Å². The second-order valence-corrected chi connectivity index (χ2v) is 7.23. The van der Waals surface area contributed by atoms with E-state index in [-0.39, 0.29) is 0 Å². The molecule has 122 valence electrons. The van der Waals surface area contributed by atoms with E-state index in [9.17, 15) is 0 Å². The third-order valence-electron chi connectivity index (χ3n) is 5.34. The Hall–Kier alpha value is -1.34. The van der Waals surface area contributed by atoms with E-state index in [1.54, 1.807) is 5.56 Å². The molecule has 0 N–H and O–H groups in total. The van der Waals surface area contributed by atoms with E-state index in [0.29, 0.717) is 5.15 Å². The zero-order chi connectivity index (χ0) is 16.1. The number of hydrogen-bond donors (Lipinski definition) is 0. The van der Waals surface area contributed by atoms with Crippen LogP contribution in [0.4, 0.5) is 0 Å². The number of nitrogens with zero attached hydrogens (tertiary/aromatic N) is 1.